The van der Waals surface area contributed by atoms with E-state index in [1.54, 1.807) is 20.8 Å². The van der Waals surface area contributed by atoms with Gasteiger partial charge in [-0.2, -0.15) is 13.2 Å². The van der Waals surface area contributed by atoms with E-state index in [0.717, 1.165) is 22.5 Å². The molecule has 2 aromatic carbocycles. The molecule has 186 valence electrons. The first-order valence-corrected chi connectivity index (χ1v) is 11.8. The first-order chi connectivity index (χ1) is 15.7. The van der Waals surface area contributed by atoms with Crippen molar-refractivity contribution < 1.29 is 41.0 Å². The number of sulfonamides is 1. The lowest BCUT2D eigenvalue weighted by molar-refractivity contribution is -0.137. The van der Waals surface area contributed by atoms with Crippen LogP contribution in [0.15, 0.2) is 47.4 Å². The normalized spacial score (nSPS) is 16.4. The van der Waals surface area contributed by atoms with Crippen LogP contribution in [0.1, 0.15) is 32.8 Å². The van der Waals surface area contributed by atoms with Crippen LogP contribution >= 0.6 is 0 Å². The second-order valence-corrected chi connectivity index (χ2v) is 10.5. The molecule has 0 bridgehead atoms. The number of anilines is 2. The first kappa shape index (κ1) is 25.6. The summed E-state index contributed by atoms with van der Waals surface area (Å²) in [4.78, 5) is 11.6. The van der Waals surface area contributed by atoms with Crippen molar-refractivity contribution in [2.24, 2.45) is 0 Å². The zero-order valence-corrected chi connectivity index (χ0v) is 19.5. The Balaban J connectivity index is 2.02. The van der Waals surface area contributed by atoms with Crippen molar-refractivity contribution in [3.05, 3.63) is 48.0 Å². The lowest BCUT2D eigenvalue weighted by atomic mass is 10.1. The molecule has 0 fully saturated rings. The quantitative estimate of drug-likeness (QED) is 0.628. The van der Waals surface area contributed by atoms with Crippen LogP contribution < -0.4 is 14.4 Å². The van der Waals surface area contributed by atoms with Gasteiger partial charge < -0.3 is 14.6 Å². The summed E-state index contributed by atoms with van der Waals surface area (Å²) >= 11 is 0. The molecule has 1 amide bonds. The number of alkyl halides is 3. The number of benzene rings is 2. The maximum Gasteiger partial charge on any atom is 0.416 e. The third kappa shape index (κ3) is 5.92. The molecule has 0 saturated heterocycles. The Kier molecular flexibility index (Phi) is 7.04. The highest BCUT2D eigenvalue weighted by Crippen LogP contribution is 2.40. The van der Waals surface area contributed by atoms with E-state index in [2.05, 4.69) is 5.32 Å². The molecule has 1 unspecified atom stereocenters. The minimum absolute atomic E-state index is 0.0279. The number of amides is 1. The van der Waals surface area contributed by atoms with Crippen LogP contribution in [0.25, 0.3) is 0 Å². The molecular formula is C22H25F3N2O6S. The van der Waals surface area contributed by atoms with Gasteiger partial charge in [0.1, 0.15) is 17.5 Å². The molecule has 1 aliphatic heterocycles. The van der Waals surface area contributed by atoms with Crippen LogP contribution in [0.5, 0.6) is 5.75 Å². The second kappa shape index (κ2) is 9.34. The second-order valence-electron chi connectivity index (χ2n) is 8.62. The Hall–Kier alpha value is -2.99. The number of aliphatic hydroxyl groups excluding tert-OH is 1. The van der Waals surface area contributed by atoms with E-state index in [0.29, 0.717) is 6.07 Å². The number of hydrogen-bond acceptors (Lipinski definition) is 6. The van der Waals surface area contributed by atoms with Gasteiger partial charge in [-0.15, -0.1) is 0 Å². The van der Waals surface area contributed by atoms with Crippen molar-refractivity contribution in [2.75, 3.05) is 22.8 Å². The molecule has 0 aliphatic carbocycles. The predicted octanol–water partition coefficient (Wildman–Crippen LogP) is 4.39. The lowest BCUT2D eigenvalue weighted by Crippen LogP contribution is -2.44. The molecule has 0 aromatic heterocycles. The Morgan fingerprint density at radius 2 is 1.91 bits per heavy atom. The van der Waals surface area contributed by atoms with E-state index in [4.69, 9.17) is 9.47 Å². The van der Waals surface area contributed by atoms with Crippen LogP contribution in [0.2, 0.25) is 0 Å². The number of fused-ring (bicyclic) bond motifs is 1. The van der Waals surface area contributed by atoms with Gasteiger partial charge in [0.2, 0.25) is 0 Å². The highest BCUT2D eigenvalue weighted by molar-refractivity contribution is 7.92. The molecular weight excluding hydrogens is 477 g/mol. The van der Waals surface area contributed by atoms with Gasteiger partial charge in [-0.05, 0) is 57.2 Å². The average Bonchev–Trinajstić information content (AvgIpc) is 2.71. The van der Waals surface area contributed by atoms with Crippen molar-refractivity contribution in [1.82, 2.24) is 0 Å². The minimum atomic E-state index is -4.72. The molecule has 12 heteroatoms. The Labute approximate surface area is 195 Å². The van der Waals surface area contributed by atoms with Crippen LogP contribution in [-0.2, 0) is 20.9 Å². The highest BCUT2D eigenvalue weighted by Gasteiger charge is 2.37. The summed E-state index contributed by atoms with van der Waals surface area (Å²) in [5.74, 6) is 0.134. The van der Waals surface area contributed by atoms with Gasteiger partial charge >= 0.3 is 12.3 Å². The van der Waals surface area contributed by atoms with E-state index >= 15 is 0 Å². The van der Waals surface area contributed by atoms with Crippen LogP contribution in [0.3, 0.4) is 0 Å². The highest BCUT2D eigenvalue weighted by atomic mass is 32.2. The molecule has 2 aromatic rings. The van der Waals surface area contributed by atoms with Gasteiger partial charge in [0, 0.05) is 18.7 Å². The van der Waals surface area contributed by atoms with Gasteiger partial charge in [0.15, 0.2) is 0 Å². The van der Waals surface area contributed by atoms with Gasteiger partial charge in [-0.3, -0.25) is 9.62 Å². The molecule has 0 radical (unpaired) electrons. The standard InChI is InChI=1S/C22H25F3N2O6S/c1-21(2,3)33-20(29)26-15-7-8-19-18(12-15)27(13-16(32-19)9-10-28)34(30,31)17-6-4-5-14(11-17)22(23,24)25/h4-8,11-12,16,28H,9-10,13H2,1-3H3,(H,26,29). The number of carbonyl (C=O) groups is 1. The summed E-state index contributed by atoms with van der Waals surface area (Å²) in [5, 5.41) is 11.8. The summed E-state index contributed by atoms with van der Waals surface area (Å²) in [6.45, 7) is 4.51. The summed E-state index contributed by atoms with van der Waals surface area (Å²) in [7, 11) is -4.46. The number of nitrogens with one attached hydrogen (secondary N) is 1. The number of carbonyl (C=O) groups excluding carboxylic acids is 1. The van der Waals surface area contributed by atoms with E-state index < -0.39 is 44.5 Å². The van der Waals surface area contributed by atoms with Crippen molar-refractivity contribution in [3.8, 4) is 5.75 Å². The third-order valence-corrected chi connectivity index (χ3v) is 6.51. The monoisotopic (exact) mass is 502 g/mol. The SMILES string of the molecule is CC(C)(C)OC(=O)Nc1ccc2c(c1)N(S(=O)(=O)c1cccc(C(F)(F)F)c1)CC(CCO)O2. The first-order valence-electron chi connectivity index (χ1n) is 10.3. The van der Waals surface area contributed by atoms with Gasteiger partial charge in [0.05, 0.1) is 22.7 Å². The molecule has 2 N–H and O–H groups in total. The maximum absolute atomic E-state index is 13.4. The fourth-order valence-corrected chi connectivity index (χ4v) is 4.84. The van der Waals surface area contributed by atoms with Crippen molar-refractivity contribution >= 4 is 27.5 Å². The van der Waals surface area contributed by atoms with Gasteiger partial charge in [0.25, 0.3) is 10.0 Å². The summed E-state index contributed by atoms with van der Waals surface area (Å²) in [6.07, 6.45) is -6.12. The van der Waals surface area contributed by atoms with E-state index in [1.807, 2.05) is 0 Å². The summed E-state index contributed by atoms with van der Waals surface area (Å²) in [5.41, 5.74) is -1.64. The Morgan fingerprint density at radius 3 is 2.53 bits per heavy atom. The van der Waals surface area contributed by atoms with Gasteiger partial charge in [-0.1, -0.05) is 6.07 Å². The number of aliphatic hydroxyl groups is 1. The summed E-state index contributed by atoms with van der Waals surface area (Å²) < 4.78 is 78.3. The number of nitrogens with zero attached hydrogens (tertiary/aromatic N) is 1. The number of hydrogen-bond donors (Lipinski definition) is 2. The minimum Gasteiger partial charge on any atom is -0.486 e. The molecule has 1 aliphatic rings. The molecule has 0 saturated carbocycles. The zero-order valence-electron chi connectivity index (χ0n) is 18.7. The van der Waals surface area contributed by atoms with E-state index in [-0.39, 0.29) is 36.7 Å². The van der Waals surface area contributed by atoms with E-state index in [1.165, 1.54) is 18.2 Å². The topological polar surface area (TPSA) is 105 Å². The van der Waals surface area contributed by atoms with Crippen LogP contribution in [-0.4, -0.2) is 44.5 Å². The smallest absolute Gasteiger partial charge is 0.416 e. The molecule has 1 heterocycles. The number of ether oxygens (including phenoxy) is 2. The van der Waals surface area contributed by atoms with Crippen LogP contribution in [0, 0.1) is 0 Å². The predicted molar refractivity (Wildman–Crippen MR) is 118 cm³/mol. The lowest BCUT2D eigenvalue weighted by Gasteiger charge is -2.35. The Bertz CT molecular complexity index is 1160. The molecule has 1 atom stereocenters. The fourth-order valence-electron chi connectivity index (χ4n) is 3.29. The zero-order chi connectivity index (χ0) is 25.3. The van der Waals surface area contributed by atoms with E-state index in [9.17, 15) is 31.5 Å². The molecule has 3 rings (SSSR count). The number of rotatable bonds is 5. The average molecular weight is 503 g/mol. The Morgan fingerprint density at radius 1 is 1.21 bits per heavy atom. The van der Waals surface area contributed by atoms with Crippen molar-refractivity contribution in [3.63, 3.8) is 0 Å². The summed E-state index contributed by atoms with van der Waals surface area (Å²) in [6, 6.07) is 7.67. The van der Waals surface area contributed by atoms with Crippen molar-refractivity contribution in [2.45, 2.75) is 50.0 Å². The molecule has 8 nitrogen and oxygen atoms in total. The fraction of sp³-hybridized carbons (Fsp3) is 0.409. The maximum atomic E-state index is 13.4. The van der Waals surface area contributed by atoms with Crippen molar-refractivity contribution in [1.29, 1.82) is 0 Å². The largest absolute Gasteiger partial charge is 0.486 e. The van der Waals surface area contributed by atoms with Gasteiger partial charge in [-0.25, -0.2) is 13.2 Å². The molecule has 34 heavy (non-hydrogen) atoms. The van der Waals surface area contributed by atoms with Crippen LogP contribution in [0.4, 0.5) is 29.3 Å². The third-order valence-electron chi connectivity index (χ3n) is 4.74. The number of halogens is 3. The molecule has 0 spiro atoms.